The number of nitrogens with one attached hydrogen (secondary N) is 1. The monoisotopic (exact) mass is 295 g/mol. The molecule has 0 aliphatic rings. The minimum Gasteiger partial charge on any atom is -0.497 e. The second-order valence-corrected chi connectivity index (χ2v) is 4.97. The third kappa shape index (κ3) is 5.72. The first-order valence-electron chi connectivity index (χ1n) is 6.75. The van der Waals surface area contributed by atoms with E-state index in [2.05, 4.69) is 5.32 Å². The smallest absolute Gasteiger partial charge is 0.305 e. The molecule has 0 fully saturated rings. The van der Waals surface area contributed by atoms with Crippen LogP contribution < -0.4 is 14.8 Å². The van der Waals surface area contributed by atoms with E-state index >= 15 is 0 Å². The van der Waals surface area contributed by atoms with Crippen molar-refractivity contribution in [2.75, 3.05) is 20.3 Å². The van der Waals surface area contributed by atoms with Crippen LogP contribution in [-0.4, -0.2) is 37.2 Å². The van der Waals surface area contributed by atoms with Gasteiger partial charge in [-0.2, -0.15) is 0 Å². The Morgan fingerprint density at radius 2 is 2.05 bits per heavy atom. The van der Waals surface area contributed by atoms with E-state index in [1.807, 2.05) is 13.8 Å². The van der Waals surface area contributed by atoms with E-state index < -0.39 is 5.97 Å². The van der Waals surface area contributed by atoms with Crippen molar-refractivity contribution in [1.82, 2.24) is 5.32 Å². The number of carboxylic acids is 1. The molecule has 6 heteroatoms. The molecule has 1 aromatic carbocycles. The highest BCUT2D eigenvalue weighted by Crippen LogP contribution is 2.25. The van der Waals surface area contributed by atoms with Crippen LogP contribution in [0.2, 0.25) is 0 Å². The molecule has 0 bridgehead atoms. The van der Waals surface area contributed by atoms with E-state index in [4.69, 9.17) is 14.6 Å². The van der Waals surface area contributed by atoms with Gasteiger partial charge < -0.3 is 19.9 Å². The number of hydrogen-bond acceptors (Lipinski definition) is 4. The second-order valence-electron chi connectivity index (χ2n) is 4.97. The molecule has 1 aromatic rings. The second kappa shape index (κ2) is 8.14. The Bertz CT molecular complexity index is 499. The van der Waals surface area contributed by atoms with Gasteiger partial charge in [0.1, 0.15) is 11.5 Å². The van der Waals surface area contributed by atoms with Crippen LogP contribution in [0.3, 0.4) is 0 Å². The maximum Gasteiger partial charge on any atom is 0.305 e. The molecular formula is C15H21NO5. The minimum absolute atomic E-state index is 0.0732. The van der Waals surface area contributed by atoms with Crippen molar-refractivity contribution < 1.29 is 24.2 Å². The SMILES string of the molecule is COc1ccc(C(=O)NCCC(=O)O)c(OCC(C)C)c1. The van der Waals surface area contributed by atoms with Crippen LogP contribution in [0.1, 0.15) is 30.6 Å². The van der Waals surface area contributed by atoms with E-state index in [1.165, 1.54) is 7.11 Å². The van der Waals surface area contributed by atoms with Crippen LogP contribution in [0.25, 0.3) is 0 Å². The quantitative estimate of drug-likeness (QED) is 0.765. The van der Waals surface area contributed by atoms with Gasteiger partial charge >= 0.3 is 5.97 Å². The van der Waals surface area contributed by atoms with Crippen LogP contribution in [0.15, 0.2) is 18.2 Å². The standard InChI is InChI=1S/C15H21NO5/c1-10(2)9-21-13-8-11(20-3)4-5-12(13)15(19)16-7-6-14(17)18/h4-5,8,10H,6-7,9H2,1-3H3,(H,16,19)(H,17,18). The van der Waals surface area contributed by atoms with Crippen molar-refractivity contribution in [2.24, 2.45) is 5.92 Å². The fourth-order valence-corrected chi connectivity index (χ4v) is 1.57. The summed E-state index contributed by atoms with van der Waals surface area (Å²) >= 11 is 0. The number of aliphatic carboxylic acids is 1. The highest BCUT2D eigenvalue weighted by Gasteiger charge is 2.14. The van der Waals surface area contributed by atoms with E-state index in [-0.39, 0.29) is 18.9 Å². The Kier molecular flexibility index (Phi) is 6.52. The molecule has 0 spiro atoms. The molecular weight excluding hydrogens is 274 g/mol. The third-order valence-corrected chi connectivity index (χ3v) is 2.63. The zero-order chi connectivity index (χ0) is 15.8. The number of benzene rings is 1. The van der Waals surface area contributed by atoms with Gasteiger partial charge in [-0.1, -0.05) is 13.8 Å². The van der Waals surface area contributed by atoms with E-state index in [0.29, 0.717) is 29.6 Å². The number of carbonyl (C=O) groups excluding carboxylic acids is 1. The summed E-state index contributed by atoms with van der Waals surface area (Å²) in [6, 6.07) is 4.91. The first kappa shape index (κ1) is 16.8. The van der Waals surface area contributed by atoms with Gasteiger partial charge in [0, 0.05) is 12.6 Å². The average molecular weight is 295 g/mol. The number of carbonyl (C=O) groups is 2. The molecule has 6 nitrogen and oxygen atoms in total. The number of hydrogen-bond donors (Lipinski definition) is 2. The van der Waals surface area contributed by atoms with Crippen molar-refractivity contribution in [3.63, 3.8) is 0 Å². The molecule has 2 N–H and O–H groups in total. The summed E-state index contributed by atoms with van der Waals surface area (Å²) in [4.78, 5) is 22.5. The fourth-order valence-electron chi connectivity index (χ4n) is 1.57. The lowest BCUT2D eigenvalue weighted by Crippen LogP contribution is -2.26. The van der Waals surface area contributed by atoms with Crippen LogP contribution >= 0.6 is 0 Å². The molecule has 0 unspecified atom stereocenters. The van der Waals surface area contributed by atoms with Gasteiger partial charge in [0.15, 0.2) is 0 Å². The van der Waals surface area contributed by atoms with Gasteiger partial charge in [-0.25, -0.2) is 0 Å². The third-order valence-electron chi connectivity index (χ3n) is 2.63. The number of carboxylic acid groups (broad SMARTS) is 1. The number of rotatable bonds is 8. The van der Waals surface area contributed by atoms with E-state index in [0.717, 1.165) is 0 Å². The van der Waals surface area contributed by atoms with Gasteiger partial charge in [-0.15, -0.1) is 0 Å². The molecule has 0 heterocycles. The normalized spacial score (nSPS) is 10.3. The predicted molar refractivity (Wildman–Crippen MR) is 77.9 cm³/mol. The topological polar surface area (TPSA) is 84.9 Å². The Balaban J connectivity index is 2.82. The minimum atomic E-state index is -0.957. The van der Waals surface area contributed by atoms with E-state index in [1.54, 1.807) is 18.2 Å². The average Bonchev–Trinajstić information content (AvgIpc) is 2.44. The van der Waals surface area contributed by atoms with Gasteiger partial charge in [-0.3, -0.25) is 9.59 Å². The lowest BCUT2D eigenvalue weighted by Gasteiger charge is -2.14. The van der Waals surface area contributed by atoms with Gasteiger partial charge in [0.05, 0.1) is 25.7 Å². The maximum atomic E-state index is 12.1. The van der Waals surface area contributed by atoms with Crippen molar-refractivity contribution in [1.29, 1.82) is 0 Å². The summed E-state index contributed by atoms with van der Waals surface area (Å²) in [5.74, 6) is 0.0183. The number of amides is 1. The Labute approximate surface area is 124 Å². The first-order chi connectivity index (χ1) is 9.93. The lowest BCUT2D eigenvalue weighted by atomic mass is 10.1. The Morgan fingerprint density at radius 3 is 2.62 bits per heavy atom. The molecule has 0 aliphatic heterocycles. The molecule has 1 amide bonds. The maximum absolute atomic E-state index is 12.1. The summed E-state index contributed by atoms with van der Waals surface area (Å²) in [6.45, 7) is 4.56. The molecule has 0 aliphatic carbocycles. The van der Waals surface area contributed by atoms with Crippen LogP contribution in [0.5, 0.6) is 11.5 Å². The molecule has 1 rings (SSSR count). The Morgan fingerprint density at radius 1 is 1.33 bits per heavy atom. The van der Waals surface area contributed by atoms with Gasteiger partial charge in [-0.05, 0) is 18.1 Å². The molecule has 0 radical (unpaired) electrons. The molecule has 21 heavy (non-hydrogen) atoms. The Hall–Kier alpha value is -2.24. The highest BCUT2D eigenvalue weighted by atomic mass is 16.5. The van der Waals surface area contributed by atoms with Crippen molar-refractivity contribution >= 4 is 11.9 Å². The summed E-state index contributed by atoms with van der Waals surface area (Å²) in [5.41, 5.74) is 0.363. The van der Waals surface area contributed by atoms with Crippen LogP contribution in [-0.2, 0) is 4.79 Å². The number of ether oxygens (including phenoxy) is 2. The summed E-state index contributed by atoms with van der Waals surface area (Å²) in [6.07, 6.45) is -0.121. The predicted octanol–water partition coefficient (Wildman–Crippen LogP) is 1.93. The van der Waals surface area contributed by atoms with Crippen molar-refractivity contribution in [2.45, 2.75) is 20.3 Å². The summed E-state index contributed by atoms with van der Waals surface area (Å²) in [5, 5.41) is 11.1. The molecule has 0 aromatic heterocycles. The zero-order valence-electron chi connectivity index (χ0n) is 12.5. The lowest BCUT2D eigenvalue weighted by molar-refractivity contribution is -0.136. The molecule has 116 valence electrons. The van der Waals surface area contributed by atoms with Crippen molar-refractivity contribution in [3.05, 3.63) is 23.8 Å². The molecule has 0 atom stereocenters. The van der Waals surface area contributed by atoms with Gasteiger partial charge in [0.2, 0.25) is 0 Å². The molecule has 0 saturated heterocycles. The molecule has 0 saturated carbocycles. The fraction of sp³-hybridized carbons (Fsp3) is 0.467. The summed E-state index contributed by atoms with van der Waals surface area (Å²) in [7, 11) is 1.54. The van der Waals surface area contributed by atoms with E-state index in [9.17, 15) is 9.59 Å². The highest BCUT2D eigenvalue weighted by molar-refractivity contribution is 5.97. The van der Waals surface area contributed by atoms with Crippen LogP contribution in [0.4, 0.5) is 0 Å². The summed E-state index contributed by atoms with van der Waals surface area (Å²) < 4.78 is 10.8. The van der Waals surface area contributed by atoms with Crippen molar-refractivity contribution in [3.8, 4) is 11.5 Å². The zero-order valence-corrected chi connectivity index (χ0v) is 12.5. The van der Waals surface area contributed by atoms with Crippen LogP contribution in [0, 0.1) is 5.92 Å². The number of methoxy groups -OCH3 is 1. The van der Waals surface area contributed by atoms with Gasteiger partial charge in [0.25, 0.3) is 5.91 Å². The first-order valence-corrected chi connectivity index (χ1v) is 6.75. The largest absolute Gasteiger partial charge is 0.497 e.